The monoisotopic (exact) mass is 256 g/mol. The third-order valence-corrected chi connectivity index (χ3v) is 2.72. The number of nitro groups is 1. The first-order valence-corrected chi connectivity index (χ1v) is 5.64. The molecule has 0 aliphatic rings. The van der Waals surface area contributed by atoms with E-state index in [1.165, 1.54) is 6.07 Å². The lowest BCUT2D eigenvalue weighted by Gasteiger charge is -2.25. The van der Waals surface area contributed by atoms with Crippen molar-refractivity contribution in [1.82, 2.24) is 5.32 Å². The highest BCUT2D eigenvalue weighted by Gasteiger charge is 2.17. The Labute approximate surface area is 105 Å². The van der Waals surface area contributed by atoms with Crippen molar-refractivity contribution in [3.8, 4) is 0 Å². The summed E-state index contributed by atoms with van der Waals surface area (Å²) in [5.74, 6) is -0.834. The molecule has 2 N–H and O–H groups in total. The average molecular weight is 256 g/mol. The highest BCUT2D eigenvalue weighted by molar-refractivity contribution is 5.34. The first-order chi connectivity index (χ1) is 8.35. The smallest absolute Gasteiger partial charge is 0.304 e. The Balaban J connectivity index is 2.70. The number of nitrogens with one attached hydrogen (secondary N) is 1. The van der Waals surface area contributed by atoms with Crippen LogP contribution < -0.4 is 5.32 Å². The molecule has 0 unspecified atom stereocenters. The molecule has 0 aliphatic heterocycles. The van der Waals surface area contributed by atoms with Gasteiger partial charge in [-0.25, -0.2) is 0 Å². The van der Waals surface area contributed by atoms with Gasteiger partial charge in [0, 0.05) is 24.8 Å². The number of hydrogen-bond acceptors (Lipinski definition) is 4. The Bertz CT molecular complexity index is 435. The molecule has 0 aromatic heterocycles. The Morgan fingerprint density at radius 1 is 1.50 bits per heavy atom. The van der Waals surface area contributed by atoms with Crippen LogP contribution in [0.1, 0.15) is 25.8 Å². The van der Waals surface area contributed by atoms with E-state index >= 15 is 0 Å². The van der Waals surface area contributed by atoms with Crippen LogP contribution in [0.4, 0.5) is 10.1 Å². The molecule has 1 aromatic rings. The van der Waals surface area contributed by atoms with E-state index in [1.54, 1.807) is 0 Å². The van der Waals surface area contributed by atoms with Gasteiger partial charge in [-0.3, -0.25) is 10.1 Å². The lowest BCUT2D eigenvalue weighted by Crippen LogP contribution is -2.39. The van der Waals surface area contributed by atoms with E-state index in [4.69, 9.17) is 5.11 Å². The Morgan fingerprint density at radius 2 is 2.17 bits per heavy atom. The van der Waals surface area contributed by atoms with Gasteiger partial charge < -0.3 is 10.4 Å². The number of hydrogen-bond donors (Lipinski definition) is 2. The van der Waals surface area contributed by atoms with Gasteiger partial charge in [-0.05, 0) is 31.9 Å². The molecule has 6 heteroatoms. The molecule has 0 saturated carbocycles. The number of halogens is 1. The summed E-state index contributed by atoms with van der Waals surface area (Å²) in [5, 5.41) is 22.5. The van der Waals surface area contributed by atoms with E-state index < -0.39 is 16.4 Å². The molecule has 100 valence electrons. The largest absolute Gasteiger partial charge is 0.396 e. The molecule has 0 heterocycles. The van der Waals surface area contributed by atoms with Crippen molar-refractivity contribution in [1.29, 1.82) is 0 Å². The average Bonchev–Trinajstić information content (AvgIpc) is 2.26. The van der Waals surface area contributed by atoms with Crippen LogP contribution in [0.2, 0.25) is 0 Å². The maximum atomic E-state index is 13.4. The summed E-state index contributed by atoms with van der Waals surface area (Å²) in [6.45, 7) is 4.30. The van der Waals surface area contributed by atoms with Crippen LogP contribution >= 0.6 is 0 Å². The van der Waals surface area contributed by atoms with E-state index in [0.717, 1.165) is 12.1 Å². The highest BCUT2D eigenvalue weighted by Crippen LogP contribution is 2.18. The third kappa shape index (κ3) is 4.05. The fraction of sp³-hybridized carbons (Fsp3) is 0.500. The van der Waals surface area contributed by atoms with Gasteiger partial charge in [-0.15, -0.1) is 0 Å². The number of nitro benzene ring substituents is 1. The first kappa shape index (κ1) is 14.5. The highest BCUT2D eigenvalue weighted by atomic mass is 19.1. The Hall–Kier alpha value is -1.53. The maximum absolute atomic E-state index is 13.4. The molecule has 0 amide bonds. The number of rotatable bonds is 6. The normalized spacial score (nSPS) is 11.6. The Morgan fingerprint density at radius 3 is 2.67 bits per heavy atom. The van der Waals surface area contributed by atoms with Gasteiger partial charge in [0.05, 0.1) is 4.92 Å². The van der Waals surface area contributed by atoms with Gasteiger partial charge in [0.2, 0.25) is 5.82 Å². The third-order valence-electron chi connectivity index (χ3n) is 2.72. The van der Waals surface area contributed by atoms with E-state index in [2.05, 4.69) is 5.32 Å². The molecular formula is C12H17FN2O3. The minimum atomic E-state index is -0.834. The zero-order valence-corrected chi connectivity index (χ0v) is 10.4. The van der Waals surface area contributed by atoms with E-state index in [-0.39, 0.29) is 12.1 Å². The fourth-order valence-electron chi connectivity index (χ4n) is 1.52. The predicted molar refractivity (Wildman–Crippen MR) is 65.7 cm³/mol. The van der Waals surface area contributed by atoms with Crippen molar-refractivity contribution >= 4 is 5.69 Å². The number of nitrogens with zero attached hydrogens (tertiary/aromatic N) is 1. The summed E-state index contributed by atoms with van der Waals surface area (Å²) in [5.41, 5.74) is -0.162. The van der Waals surface area contributed by atoms with Crippen LogP contribution in [0.3, 0.4) is 0 Å². The van der Waals surface area contributed by atoms with Gasteiger partial charge in [-0.1, -0.05) is 6.07 Å². The molecule has 0 saturated heterocycles. The number of aliphatic hydroxyl groups excluding tert-OH is 1. The fourth-order valence-corrected chi connectivity index (χ4v) is 1.52. The van der Waals surface area contributed by atoms with Crippen molar-refractivity contribution < 1.29 is 14.4 Å². The van der Waals surface area contributed by atoms with Gasteiger partial charge in [0.15, 0.2) is 0 Å². The molecule has 1 rings (SSSR count). The second kappa shape index (κ2) is 5.88. The summed E-state index contributed by atoms with van der Waals surface area (Å²) in [6.07, 6.45) is 0.572. The minimum Gasteiger partial charge on any atom is -0.396 e. The summed E-state index contributed by atoms with van der Waals surface area (Å²) in [4.78, 5) is 9.71. The lowest BCUT2D eigenvalue weighted by molar-refractivity contribution is -0.387. The van der Waals surface area contributed by atoms with Crippen molar-refractivity contribution in [3.05, 3.63) is 39.7 Å². The van der Waals surface area contributed by atoms with Crippen molar-refractivity contribution in [2.24, 2.45) is 0 Å². The van der Waals surface area contributed by atoms with Crippen molar-refractivity contribution in [2.75, 3.05) is 6.61 Å². The zero-order chi connectivity index (χ0) is 13.8. The van der Waals surface area contributed by atoms with Gasteiger partial charge >= 0.3 is 5.69 Å². The molecule has 0 spiro atoms. The van der Waals surface area contributed by atoms with E-state index in [9.17, 15) is 14.5 Å². The molecular weight excluding hydrogens is 239 g/mol. The minimum absolute atomic E-state index is 0.0641. The predicted octanol–water partition coefficient (Wildman–Crippen LogP) is 1.98. The summed E-state index contributed by atoms with van der Waals surface area (Å²) >= 11 is 0. The van der Waals surface area contributed by atoms with Gasteiger partial charge in [-0.2, -0.15) is 4.39 Å². The van der Waals surface area contributed by atoms with Crippen LogP contribution in [0, 0.1) is 15.9 Å². The Kier molecular flexibility index (Phi) is 4.75. The van der Waals surface area contributed by atoms with Crippen molar-refractivity contribution in [3.63, 3.8) is 0 Å². The number of aliphatic hydroxyl groups is 1. The zero-order valence-electron chi connectivity index (χ0n) is 10.4. The molecule has 1 aromatic carbocycles. The van der Waals surface area contributed by atoms with Crippen molar-refractivity contribution in [2.45, 2.75) is 32.4 Å². The maximum Gasteiger partial charge on any atom is 0.304 e. The van der Waals surface area contributed by atoms with E-state index in [1.807, 2.05) is 13.8 Å². The SMILES string of the molecule is CC(C)(CCO)NCc1ccc([N+](=O)[O-])c(F)c1. The van der Waals surface area contributed by atoms with Gasteiger partial charge in [0.1, 0.15) is 0 Å². The topological polar surface area (TPSA) is 75.4 Å². The summed E-state index contributed by atoms with van der Waals surface area (Å²) in [7, 11) is 0. The number of benzene rings is 1. The standard InChI is InChI=1S/C12H17FN2O3/c1-12(2,5-6-16)14-8-9-3-4-11(15(17)18)10(13)7-9/h3-4,7,14,16H,5-6,8H2,1-2H3. The molecule has 0 fully saturated rings. The summed E-state index contributed by atoms with van der Waals surface area (Å²) < 4.78 is 13.4. The van der Waals surface area contributed by atoms with Crippen LogP contribution in [0.5, 0.6) is 0 Å². The van der Waals surface area contributed by atoms with Crippen LogP contribution in [0.25, 0.3) is 0 Å². The quantitative estimate of drug-likeness (QED) is 0.603. The van der Waals surface area contributed by atoms with Crippen LogP contribution in [-0.4, -0.2) is 22.2 Å². The molecule has 0 radical (unpaired) electrons. The molecule has 0 aliphatic carbocycles. The second-order valence-electron chi connectivity index (χ2n) is 4.75. The van der Waals surface area contributed by atoms with Gasteiger partial charge in [0.25, 0.3) is 0 Å². The first-order valence-electron chi connectivity index (χ1n) is 5.64. The molecule has 0 bridgehead atoms. The van der Waals surface area contributed by atoms with Crippen LogP contribution in [0.15, 0.2) is 18.2 Å². The second-order valence-corrected chi connectivity index (χ2v) is 4.75. The van der Waals surface area contributed by atoms with E-state index in [0.29, 0.717) is 18.5 Å². The lowest BCUT2D eigenvalue weighted by atomic mass is 10.0. The summed E-state index contributed by atoms with van der Waals surface area (Å²) in [6, 6.07) is 3.83. The van der Waals surface area contributed by atoms with Crippen LogP contribution in [-0.2, 0) is 6.54 Å². The molecule has 5 nitrogen and oxygen atoms in total. The molecule has 18 heavy (non-hydrogen) atoms. The molecule has 0 atom stereocenters.